The fraction of sp³-hybridized carbons (Fsp3) is 0.250. The lowest BCUT2D eigenvalue weighted by molar-refractivity contribution is 1.15. The molecule has 0 saturated carbocycles. The molecule has 0 radical (unpaired) electrons. The van der Waals surface area contributed by atoms with Crippen LogP contribution in [0.3, 0.4) is 0 Å². The molecule has 2 aromatic carbocycles. The van der Waals surface area contributed by atoms with Gasteiger partial charge in [0.1, 0.15) is 0 Å². The molecular weight excluding hydrogens is 206 g/mol. The molecule has 0 bridgehead atoms. The van der Waals surface area contributed by atoms with Gasteiger partial charge in [0, 0.05) is 18.4 Å². The second-order valence-electron chi connectivity index (χ2n) is 4.64. The highest BCUT2D eigenvalue weighted by Gasteiger charge is 2.09. The molecule has 0 atom stereocenters. The van der Waals surface area contributed by atoms with E-state index in [0.29, 0.717) is 0 Å². The Morgan fingerprint density at radius 1 is 0.824 bits per heavy atom. The highest BCUT2D eigenvalue weighted by molar-refractivity contribution is 5.69. The summed E-state index contributed by atoms with van der Waals surface area (Å²) in [5.74, 6) is 0. The molecule has 0 aliphatic rings. The molecule has 0 aliphatic carbocycles. The third-order valence-electron chi connectivity index (χ3n) is 3.11. The predicted molar refractivity (Wildman–Crippen MR) is 75.2 cm³/mol. The van der Waals surface area contributed by atoms with Gasteiger partial charge in [0.25, 0.3) is 0 Å². The van der Waals surface area contributed by atoms with Gasteiger partial charge < -0.3 is 4.90 Å². The standard InChI is InChI=1S/C16H19N/c1-12-10-13(2)16(14(3)11-12)17(4)15-8-6-5-7-9-15/h5-11H,1-4H3. The van der Waals surface area contributed by atoms with Gasteiger partial charge in [-0.1, -0.05) is 35.9 Å². The maximum atomic E-state index is 2.25. The summed E-state index contributed by atoms with van der Waals surface area (Å²) < 4.78 is 0. The van der Waals surface area contributed by atoms with E-state index in [1.54, 1.807) is 0 Å². The summed E-state index contributed by atoms with van der Waals surface area (Å²) in [6.07, 6.45) is 0. The van der Waals surface area contributed by atoms with Crippen LogP contribution in [-0.2, 0) is 0 Å². The van der Waals surface area contributed by atoms with Gasteiger partial charge in [-0.3, -0.25) is 0 Å². The van der Waals surface area contributed by atoms with E-state index in [4.69, 9.17) is 0 Å². The smallest absolute Gasteiger partial charge is 0.0467 e. The summed E-state index contributed by atoms with van der Waals surface area (Å²) in [4.78, 5) is 2.25. The van der Waals surface area contributed by atoms with Crippen LogP contribution in [0.25, 0.3) is 0 Å². The molecule has 1 heteroatoms. The Labute approximate surface area is 104 Å². The molecule has 0 heterocycles. The molecular formula is C16H19N. The van der Waals surface area contributed by atoms with Crippen molar-refractivity contribution in [2.24, 2.45) is 0 Å². The maximum Gasteiger partial charge on any atom is 0.0467 e. The zero-order valence-electron chi connectivity index (χ0n) is 11.0. The molecule has 17 heavy (non-hydrogen) atoms. The number of nitrogens with zero attached hydrogens (tertiary/aromatic N) is 1. The molecule has 0 fully saturated rings. The average Bonchev–Trinajstić information content (AvgIpc) is 2.28. The van der Waals surface area contributed by atoms with Crippen molar-refractivity contribution in [1.29, 1.82) is 0 Å². The van der Waals surface area contributed by atoms with Crippen LogP contribution >= 0.6 is 0 Å². The molecule has 88 valence electrons. The van der Waals surface area contributed by atoms with E-state index in [9.17, 15) is 0 Å². The number of para-hydroxylation sites is 1. The number of benzene rings is 2. The van der Waals surface area contributed by atoms with Crippen molar-refractivity contribution in [3.05, 3.63) is 59.2 Å². The number of rotatable bonds is 2. The first-order valence-corrected chi connectivity index (χ1v) is 5.96. The molecule has 0 amide bonds. The van der Waals surface area contributed by atoms with Gasteiger partial charge >= 0.3 is 0 Å². The maximum absolute atomic E-state index is 2.25. The molecule has 1 nitrogen and oxygen atoms in total. The zero-order valence-corrected chi connectivity index (χ0v) is 11.0. The third kappa shape index (κ3) is 2.33. The van der Waals surface area contributed by atoms with Gasteiger partial charge in [-0.25, -0.2) is 0 Å². The Hall–Kier alpha value is -1.76. The van der Waals surface area contributed by atoms with Gasteiger partial charge in [-0.15, -0.1) is 0 Å². The van der Waals surface area contributed by atoms with Gasteiger partial charge in [-0.2, -0.15) is 0 Å². The van der Waals surface area contributed by atoms with Crippen LogP contribution in [0.4, 0.5) is 11.4 Å². The lowest BCUT2D eigenvalue weighted by Crippen LogP contribution is -2.12. The van der Waals surface area contributed by atoms with Crippen molar-refractivity contribution in [2.45, 2.75) is 20.8 Å². The van der Waals surface area contributed by atoms with Crippen molar-refractivity contribution >= 4 is 11.4 Å². The Balaban J connectivity index is 2.48. The summed E-state index contributed by atoms with van der Waals surface area (Å²) in [5, 5.41) is 0. The van der Waals surface area contributed by atoms with Gasteiger partial charge in [-0.05, 0) is 44.0 Å². The molecule has 2 rings (SSSR count). The van der Waals surface area contributed by atoms with E-state index in [0.717, 1.165) is 0 Å². The summed E-state index contributed by atoms with van der Waals surface area (Å²) >= 11 is 0. The molecule has 0 spiro atoms. The van der Waals surface area contributed by atoms with Crippen LogP contribution in [0.5, 0.6) is 0 Å². The predicted octanol–water partition coefficient (Wildman–Crippen LogP) is 4.38. The van der Waals surface area contributed by atoms with E-state index in [-0.39, 0.29) is 0 Å². The van der Waals surface area contributed by atoms with Crippen molar-refractivity contribution in [2.75, 3.05) is 11.9 Å². The molecule has 0 unspecified atom stereocenters. The summed E-state index contributed by atoms with van der Waals surface area (Å²) in [7, 11) is 2.12. The molecule has 0 aromatic heterocycles. The van der Waals surface area contributed by atoms with Gasteiger partial charge in [0.15, 0.2) is 0 Å². The second-order valence-corrected chi connectivity index (χ2v) is 4.64. The van der Waals surface area contributed by atoms with Crippen molar-refractivity contribution < 1.29 is 0 Å². The largest absolute Gasteiger partial charge is 0.344 e. The lowest BCUT2D eigenvalue weighted by atomic mass is 10.0. The van der Waals surface area contributed by atoms with Gasteiger partial charge in [0.05, 0.1) is 0 Å². The first-order valence-electron chi connectivity index (χ1n) is 5.96. The lowest BCUT2D eigenvalue weighted by Gasteiger charge is -2.24. The molecule has 0 aliphatic heterocycles. The van der Waals surface area contributed by atoms with Crippen LogP contribution in [0, 0.1) is 20.8 Å². The normalized spacial score (nSPS) is 10.4. The van der Waals surface area contributed by atoms with Gasteiger partial charge in [0.2, 0.25) is 0 Å². The van der Waals surface area contributed by atoms with Crippen molar-refractivity contribution in [3.63, 3.8) is 0 Å². The summed E-state index contributed by atoms with van der Waals surface area (Å²) in [6.45, 7) is 6.50. The Bertz CT molecular complexity index is 491. The van der Waals surface area contributed by atoms with Crippen LogP contribution < -0.4 is 4.90 Å². The number of hydrogen-bond acceptors (Lipinski definition) is 1. The van der Waals surface area contributed by atoms with E-state index >= 15 is 0 Å². The first kappa shape index (κ1) is 11.7. The van der Waals surface area contributed by atoms with Crippen LogP contribution in [-0.4, -0.2) is 7.05 Å². The zero-order chi connectivity index (χ0) is 12.4. The molecule has 0 saturated heterocycles. The monoisotopic (exact) mass is 225 g/mol. The minimum absolute atomic E-state index is 1.22. The van der Waals surface area contributed by atoms with Crippen LogP contribution in [0.1, 0.15) is 16.7 Å². The minimum Gasteiger partial charge on any atom is -0.344 e. The third-order valence-corrected chi connectivity index (χ3v) is 3.11. The summed E-state index contributed by atoms with van der Waals surface area (Å²) in [6, 6.07) is 14.9. The highest BCUT2D eigenvalue weighted by Crippen LogP contribution is 2.30. The Morgan fingerprint density at radius 3 is 1.88 bits per heavy atom. The van der Waals surface area contributed by atoms with Crippen LogP contribution in [0.2, 0.25) is 0 Å². The second kappa shape index (κ2) is 4.62. The topological polar surface area (TPSA) is 3.24 Å². The fourth-order valence-electron chi connectivity index (χ4n) is 2.48. The Kier molecular flexibility index (Phi) is 3.19. The average molecular weight is 225 g/mol. The van der Waals surface area contributed by atoms with E-state index in [1.807, 2.05) is 6.07 Å². The number of aryl methyl sites for hydroxylation is 3. The first-order chi connectivity index (χ1) is 8.09. The Morgan fingerprint density at radius 2 is 1.35 bits per heavy atom. The van der Waals surface area contributed by atoms with E-state index in [2.05, 4.69) is 69.1 Å². The van der Waals surface area contributed by atoms with Crippen molar-refractivity contribution in [3.8, 4) is 0 Å². The SMILES string of the molecule is Cc1cc(C)c(N(C)c2ccccc2)c(C)c1. The quantitative estimate of drug-likeness (QED) is 0.733. The molecule has 2 aromatic rings. The number of hydrogen-bond donors (Lipinski definition) is 0. The number of anilines is 2. The summed E-state index contributed by atoms with van der Waals surface area (Å²) in [5.41, 5.74) is 6.51. The van der Waals surface area contributed by atoms with Crippen molar-refractivity contribution in [1.82, 2.24) is 0 Å². The molecule has 0 N–H and O–H groups in total. The van der Waals surface area contributed by atoms with Crippen LogP contribution in [0.15, 0.2) is 42.5 Å². The minimum atomic E-state index is 1.22. The van der Waals surface area contributed by atoms with E-state index in [1.165, 1.54) is 28.1 Å². The highest BCUT2D eigenvalue weighted by atomic mass is 15.1. The fourth-order valence-corrected chi connectivity index (χ4v) is 2.48. The van der Waals surface area contributed by atoms with E-state index < -0.39 is 0 Å².